The molecule has 9 nitrogen and oxygen atoms in total. The van der Waals surface area contributed by atoms with E-state index in [0.717, 1.165) is 16.9 Å². The minimum atomic E-state index is -0.532. The largest absolute Gasteiger partial charge is 0.465 e. The van der Waals surface area contributed by atoms with Gasteiger partial charge in [0, 0.05) is 34.6 Å². The van der Waals surface area contributed by atoms with Crippen LogP contribution in [0.25, 0.3) is 17.1 Å². The van der Waals surface area contributed by atoms with Crippen molar-refractivity contribution in [1.82, 2.24) is 14.7 Å². The molecule has 0 saturated carbocycles. The van der Waals surface area contributed by atoms with Crippen LogP contribution in [0.2, 0.25) is 0 Å². The molecule has 4 rings (SSSR count). The van der Waals surface area contributed by atoms with Crippen LogP contribution in [0.5, 0.6) is 0 Å². The Morgan fingerprint density at radius 3 is 2.42 bits per heavy atom. The zero-order chi connectivity index (χ0) is 25.7. The smallest absolute Gasteiger partial charge is 0.337 e. The first-order valence-corrected chi connectivity index (χ1v) is 11.3. The lowest BCUT2D eigenvalue weighted by atomic mass is 10.1. The highest BCUT2D eigenvalue weighted by Crippen LogP contribution is 2.22. The van der Waals surface area contributed by atoms with Gasteiger partial charge >= 0.3 is 11.9 Å². The van der Waals surface area contributed by atoms with Crippen molar-refractivity contribution in [2.75, 3.05) is 13.7 Å². The summed E-state index contributed by atoms with van der Waals surface area (Å²) in [6.45, 7) is 3.32. The van der Waals surface area contributed by atoms with Crippen LogP contribution in [0.3, 0.4) is 0 Å². The van der Waals surface area contributed by atoms with Gasteiger partial charge in [-0.2, -0.15) is 4.98 Å². The normalized spacial score (nSPS) is 10.8. The molecule has 0 atom stereocenters. The Balaban J connectivity index is 1.34. The Morgan fingerprint density at radius 2 is 1.72 bits per heavy atom. The summed E-state index contributed by atoms with van der Waals surface area (Å²) in [4.78, 5) is 41.0. The maximum atomic E-state index is 12.8. The van der Waals surface area contributed by atoms with E-state index in [9.17, 15) is 14.4 Å². The molecule has 0 bridgehead atoms. The molecule has 0 radical (unpaired) electrons. The number of carbonyl (C=O) groups is 3. The molecular weight excluding hydrogens is 462 g/mol. The highest BCUT2D eigenvalue weighted by molar-refractivity contribution is 5.99. The number of aromatic nitrogens is 3. The van der Waals surface area contributed by atoms with Crippen LogP contribution in [0.4, 0.5) is 0 Å². The van der Waals surface area contributed by atoms with Crippen LogP contribution in [0, 0.1) is 13.8 Å². The van der Waals surface area contributed by atoms with Gasteiger partial charge in [-0.25, -0.2) is 4.79 Å². The highest BCUT2D eigenvalue weighted by Gasteiger charge is 2.19. The second-order valence-electron chi connectivity index (χ2n) is 8.12. The maximum absolute atomic E-state index is 12.8. The maximum Gasteiger partial charge on any atom is 0.337 e. The SMILES string of the molecule is COC(=O)c1ccc(-n2c(C)cc(C(=O)COC(=O)CCc3nc(-c4ccccc4)no3)c2C)cc1. The van der Waals surface area contributed by atoms with Crippen molar-refractivity contribution in [1.29, 1.82) is 0 Å². The first-order valence-electron chi connectivity index (χ1n) is 11.3. The van der Waals surface area contributed by atoms with Gasteiger partial charge in [0.1, 0.15) is 0 Å². The molecule has 0 aliphatic carbocycles. The summed E-state index contributed by atoms with van der Waals surface area (Å²) >= 11 is 0. The molecule has 9 heteroatoms. The number of nitrogens with zero attached hydrogens (tertiary/aromatic N) is 3. The first kappa shape index (κ1) is 24.6. The number of ketones is 1. The van der Waals surface area contributed by atoms with E-state index in [0.29, 0.717) is 28.5 Å². The molecule has 0 spiro atoms. The van der Waals surface area contributed by atoms with Crippen LogP contribution >= 0.6 is 0 Å². The van der Waals surface area contributed by atoms with Gasteiger partial charge in [0.05, 0.1) is 19.1 Å². The zero-order valence-electron chi connectivity index (χ0n) is 20.2. The molecular formula is C27H25N3O6. The molecule has 2 heterocycles. The topological polar surface area (TPSA) is 114 Å². The summed E-state index contributed by atoms with van der Waals surface area (Å²) in [5, 5.41) is 3.92. The first-order chi connectivity index (χ1) is 17.4. The predicted molar refractivity (Wildman–Crippen MR) is 130 cm³/mol. The molecule has 0 aliphatic rings. The monoisotopic (exact) mass is 487 g/mol. The lowest BCUT2D eigenvalue weighted by Crippen LogP contribution is -2.15. The number of rotatable bonds is 9. The highest BCUT2D eigenvalue weighted by atomic mass is 16.5. The van der Waals surface area contributed by atoms with Crippen LogP contribution in [0.1, 0.15) is 44.4 Å². The average molecular weight is 488 g/mol. The number of hydrogen-bond donors (Lipinski definition) is 0. The van der Waals surface area contributed by atoms with Crippen molar-refractivity contribution < 1.29 is 28.4 Å². The summed E-state index contributed by atoms with van der Waals surface area (Å²) in [7, 11) is 1.33. The molecule has 0 fully saturated rings. The van der Waals surface area contributed by atoms with Crippen LogP contribution in [-0.2, 0) is 20.7 Å². The van der Waals surface area contributed by atoms with E-state index >= 15 is 0 Å². The van der Waals surface area contributed by atoms with Crippen molar-refractivity contribution in [3.63, 3.8) is 0 Å². The molecule has 184 valence electrons. The average Bonchev–Trinajstić information content (AvgIpc) is 3.50. The summed E-state index contributed by atoms with van der Waals surface area (Å²) < 4.78 is 17.0. The third kappa shape index (κ3) is 5.41. The molecule has 4 aromatic rings. The standard InChI is InChI=1S/C27H25N3O6/c1-17-15-22(18(2)30(17)21-11-9-20(10-12-21)27(33)34-3)23(31)16-35-25(32)14-13-24-28-26(29-36-24)19-7-5-4-6-8-19/h4-12,15H,13-14,16H2,1-3H3. The van der Waals surface area contributed by atoms with Gasteiger partial charge in [-0.1, -0.05) is 35.5 Å². The zero-order valence-corrected chi connectivity index (χ0v) is 20.2. The summed E-state index contributed by atoms with van der Waals surface area (Å²) in [5.41, 5.74) is 4.04. The Bertz CT molecular complexity index is 1390. The number of methoxy groups -OCH3 is 1. The number of ether oxygens (including phenoxy) is 2. The molecule has 0 amide bonds. The summed E-state index contributed by atoms with van der Waals surface area (Å²) in [6, 6.07) is 18.0. The van der Waals surface area contributed by atoms with E-state index in [-0.39, 0.29) is 25.2 Å². The molecule has 0 unspecified atom stereocenters. The quantitative estimate of drug-likeness (QED) is 0.254. The molecule has 0 saturated heterocycles. The molecule has 0 N–H and O–H groups in total. The second-order valence-corrected chi connectivity index (χ2v) is 8.12. The van der Waals surface area contributed by atoms with Gasteiger partial charge in [-0.05, 0) is 44.2 Å². The lowest BCUT2D eigenvalue weighted by Gasteiger charge is -2.10. The van der Waals surface area contributed by atoms with Gasteiger partial charge in [0.25, 0.3) is 0 Å². The van der Waals surface area contributed by atoms with Crippen LogP contribution in [0.15, 0.2) is 65.2 Å². The fourth-order valence-electron chi connectivity index (χ4n) is 3.87. The fourth-order valence-corrected chi connectivity index (χ4v) is 3.87. The van der Waals surface area contributed by atoms with Crippen LogP contribution < -0.4 is 0 Å². The van der Waals surface area contributed by atoms with Crippen LogP contribution in [-0.4, -0.2) is 46.1 Å². The predicted octanol–water partition coefficient (Wildman–Crippen LogP) is 4.29. The fraction of sp³-hybridized carbons (Fsp3) is 0.222. The van der Waals surface area contributed by atoms with E-state index in [4.69, 9.17) is 14.0 Å². The van der Waals surface area contributed by atoms with Crippen molar-refractivity contribution in [2.45, 2.75) is 26.7 Å². The van der Waals surface area contributed by atoms with Crippen molar-refractivity contribution in [2.24, 2.45) is 0 Å². The van der Waals surface area contributed by atoms with E-state index in [1.165, 1.54) is 7.11 Å². The molecule has 2 aromatic heterocycles. The number of benzene rings is 2. The van der Waals surface area contributed by atoms with Gasteiger partial charge in [-0.3, -0.25) is 9.59 Å². The van der Waals surface area contributed by atoms with E-state index < -0.39 is 11.9 Å². The summed E-state index contributed by atoms with van der Waals surface area (Å²) in [6.07, 6.45) is 0.220. The number of Topliss-reactive ketones (excluding diaryl/α,β-unsaturated/α-hetero) is 1. The third-order valence-electron chi connectivity index (χ3n) is 5.69. The van der Waals surface area contributed by atoms with Crippen molar-refractivity contribution in [3.05, 3.63) is 89.1 Å². The number of carbonyl (C=O) groups excluding carboxylic acids is 3. The molecule has 36 heavy (non-hydrogen) atoms. The Kier molecular flexibility index (Phi) is 7.39. The number of hydrogen-bond acceptors (Lipinski definition) is 8. The van der Waals surface area contributed by atoms with Gasteiger partial charge in [0.15, 0.2) is 6.61 Å². The number of esters is 2. The number of aryl methyl sites for hydroxylation is 2. The Morgan fingerprint density at radius 1 is 1.00 bits per heavy atom. The van der Waals surface area contributed by atoms with Gasteiger partial charge < -0.3 is 18.6 Å². The second kappa shape index (κ2) is 10.8. The van der Waals surface area contributed by atoms with Crippen molar-refractivity contribution >= 4 is 17.7 Å². The lowest BCUT2D eigenvalue weighted by molar-refractivity contribution is -0.142. The van der Waals surface area contributed by atoms with Gasteiger partial charge in [-0.15, -0.1) is 0 Å². The van der Waals surface area contributed by atoms with E-state index in [2.05, 4.69) is 10.1 Å². The van der Waals surface area contributed by atoms with E-state index in [1.54, 1.807) is 30.3 Å². The molecule has 0 aliphatic heterocycles. The Labute approximate surface area is 207 Å². The van der Waals surface area contributed by atoms with Crippen molar-refractivity contribution in [3.8, 4) is 17.1 Å². The minimum Gasteiger partial charge on any atom is -0.465 e. The summed E-state index contributed by atoms with van der Waals surface area (Å²) in [5.74, 6) is -0.493. The Hall–Kier alpha value is -4.53. The molecule has 2 aromatic carbocycles. The third-order valence-corrected chi connectivity index (χ3v) is 5.69. The van der Waals surface area contributed by atoms with E-state index in [1.807, 2.05) is 48.7 Å². The van der Waals surface area contributed by atoms with Gasteiger partial charge in [0.2, 0.25) is 17.5 Å². The minimum absolute atomic E-state index is 0.00919.